The van der Waals surface area contributed by atoms with Gasteiger partial charge in [-0.3, -0.25) is 4.79 Å². The number of hydrogen-bond donors (Lipinski definition) is 1. The molecule has 1 aliphatic heterocycles. The standard InChI is InChI=1S/C10H16N2O/c13-10-7-6-9(11-12-10)8-4-2-1-3-5-8/h8H,1-7H2,(H,12,13). The first kappa shape index (κ1) is 8.73. The summed E-state index contributed by atoms with van der Waals surface area (Å²) in [4.78, 5) is 10.9. The first-order valence-electron chi connectivity index (χ1n) is 5.21. The van der Waals surface area contributed by atoms with Crippen LogP contribution in [0.5, 0.6) is 0 Å². The van der Waals surface area contributed by atoms with Gasteiger partial charge in [0.25, 0.3) is 0 Å². The fourth-order valence-electron chi connectivity index (χ4n) is 2.22. The van der Waals surface area contributed by atoms with Crippen LogP contribution >= 0.6 is 0 Å². The maximum Gasteiger partial charge on any atom is 0.240 e. The molecule has 3 heteroatoms. The van der Waals surface area contributed by atoms with E-state index in [9.17, 15) is 4.79 Å². The van der Waals surface area contributed by atoms with Gasteiger partial charge in [0.2, 0.25) is 5.91 Å². The predicted octanol–water partition coefficient (Wildman–Crippen LogP) is 1.83. The molecule has 0 aromatic carbocycles. The summed E-state index contributed by atoms with van der Waals surface area (Å²) in [5.41, 5.74) is 3.81. The van der Waals surface area contributed by atoms with Crippen molar-refractivity contribution in [2.24, 2.45) is 11.0 Å². The highest BCUT2D eigenvalue weighted by atomic mass is 16.2. The Labute approximate surface area is 78.6 Å². The number of carbonyl (C=O) groups excluding carboxylic acids is 1. The zero-order valence-corrected chi connectivity index (χ0v) is 7.88. The molecule has 1 amide bonds. The van der Waals surface area contributed by atoms with Crippen LogP contribution in [0.3, 0.4) is 0 Å². The Morgan fingerprint density at radius 3 is 2.54 bits per heavy atom. The summed E-state index contributed by atoms with van der Waals surface area (Å²) in [6.07, 6.45) is 8.10. The highest BCUT2D eigenvalue weighted by molar-refractivity contribution is 5.93. The quantitative estimate of drug-likeness (QED) is 0.657. The second kappa shape index (κ2) is 3.90. The topological polar surface area (TPSA) is 41.5 Å². The number of nitrogens with one attached hydrogen (secondary N) is 1. The molecule has 0 bridgehead atoms. The Hall–Kier alpha value is -0.860. The molecule has 0 unspecified atom stereocenters. The van der Waals surface area contributed by atoms with Crippen LogP contribution < -0.4 is 5.43 Å². The van der Waals surface area contributed by atoms with Crippen molar-refractivity contribution in [3.05, 3.63) is 0 Å². The van der Waals surface area contributed by atoms with Gasteiger partial charge in [0, 0.05) is 12.1 Å². The van der Waals surface area contributed by atoms with Gasteiger partial charge in [-0.05, 0) is 25.2 Å². The molecule has 0 atom stereocenters. The molecule has 0 spiro atoms. The molecule has 13 heavy (non-hydrogen) atoms. The molecule has 1 fully saturated rings. The fraction of sp³-hybridized carbons (Fsp3) is 0.800. The van der Waals surface area contributed by atoms with Gasteiger partial charge in [0.05, 0.1) is 0 Å². The normalized spacial score (nSPS) is 25.2. The number of hydrazone groups is 1. The summed E-state index contributed by atoms with van der Waals surface area (Å²) in [5.74, 6) is 0.730. The maximum atomic E-state index is 10.9. The molecule has 0 radical (unpaired) electrons. The van der Waals surface area contributed by atoms with E-state index in [4.69, 9.17) is 0 Å². The third-order valence-corrected chi connectivity index (χ3v) is 3.01. The van der Waals surface area contributed by atoms with Crippen LogP contribution in [-0.2, 0) is 4.79 Å². The van der Waals surface area contributed by atoms with E-state index in [-0.39, 0.29) is 5.91 Å². The Morgan fingerprint density at radius 2 is 1.92 bits per heavy atom. The van der Waals surface area contributed by atoms with Crippen LogP contribution in [0.2, 0.25) is 0 Å². The lowest BCUT2D eigenvalue weighted by Gasteiger charge is -2.24. The minimum absolute atomic E-state index is 0.0690. The molecular weight excluding hydrogens is 164 g/mol. The van der Waals surface area contributed by atoms with Crippen LogP contribution in [-0.4, -0.2) is 11.6 Å². The predicted molar refractivity (Wildman–Crippen MR) is 51.4 cm³/mol. The summed E-state index contributed by atoms with van der Waals surface area (Å²) in [6, 6.07) is 0. The molecule has 1 N–H and O–H groups in total. The summed E-state index contributed by atoms with van der Waals surface area (Å²) in [7, 11) is 0. The van der Waals surface area contributed by atoms with Gasteiger partial charge in [-0.1, -0.05) is 19.3 Å². The van der Waals surface area contributed by atoms with E-state index in [0.29, 0.717) is 12.3 Å². The van der Waals surface area contributed by atoms with E-state index in [0.717, 1.165) is 6.42 Å². The summed E-state index contributed by atoms with van der Waals surface area (Å²) in [5, 5.41) is 4.15. The molecule has 0 saturated heterocycles. The zero-order valence-electron chi connectivity index (χ0n) is 7.88. The number of amides is 1. The lowest BCUT2D eigenvalue weighted by molar-refractivity contribution is -0.121. The maximum absolute atomic E-state index is 10.9. The van der Waals surface area contributed by atoms with Crippen LogP contribution in [0.1, 0.15) is 44.9 Å². The molecule has 1 saturated carbocycles. The largest absolute Gasteiger partial charge is 0.273 e. The lowest BCUT2D eigenvalue weighted by Crippen LogP contribution is -2.30. The Bertz CT molecular complexity index is 229. The lowest BCUT2D eigenvalue weighted by atomic mass is 9.84. The SMILES string of the molecule is O=C1CCC(C2CCCCC2)=NN1. The average Bonchev–Trinajstić information content (AvgIpc) is 2.20. The first-order valence-corrected chi connectivity index (χ1v) is 5.21. The second-order valence-electron chi connectivity index (χ2n) is 3.97. The van der Waals surface area contributed by atoms with Crippen LogP contribution in [0, 0.1) is 5.92 Å². The van der Waals surface area contributed by atoms with Gasteiger partial charge >= 0.3 is 0 Å². The van der Waals surface area contributed by atoms with Gasteiger partial charge < -0.3 is 0 Å². The Morgan fingerprint density at radius 1 is 1.15 bits per heavy atom. The van der Waals surface area contributed by atoms with Crippen molar-refractivity contribution in [3.8, 4) is 0 Å². The Balaban J connectivity index is 1.95. The molecule has 1 heterocycles. The van der Waals surface area contributed by atoms with E-state index in [2.05, 4.69) is 10.5 Å². The minimum atomic E-state index is 0.0690. The summed E-state index contributed by atoms with van der Waals surface area (Å²) < 4.78 is 0. The molecule has 3 nitrogen and oxygen atoms in total. The molecule has 0 aromatic heterocycles. The van der Waals surface area contributed by atoms with Crippen LogP contribution in [0.15, 0.2) is 5.10 Å². The van der Waals surface area contributed by atoms with Crippen LogP contribution in [0.25, 0.3) is 0 Å². The molecule has 1 aliphatic carbocycles. The average molecular weight is 180 g/mol. The van der Waals surface area contributed by atoms with E-state index >= 15 is 0 Å². The van der Waals surface area contributed by atoms with E-state index < -0.39 is 0 Å². The van der Waals surface area contributed by atoms with Crippen molar-refractivity contribution in [2.75, 3.05) is 0 Å². The van der Waals surface area contributed by atoms with E-state index in [1.165, 1.54) is 37.8 Å². The first-order chi connectivity index (χ1) is 6.36. The molecule has 72 valence electrons. The fourth-order valence-corrected chi connectivity index (χ4v) is 2.22. The molecule has 2 aliphatic rings. The van der Waals surface area contributed by atoms with E-state index in [1.54, 1.807) is 0 Å². The van der Waals surface area contributed by atoms with Gasteiger partial charge in [0.15, 0.2) is 0 Å². The van der Waals surface area contributed by atoms with Gasteiger partial charge in [0.1, 0.15) is 0 Å². The van der Waals surface area contributed by atoms with Gasteiger partial charge in [-0.25, -0.2) is 5.43 Å². The highest BCUT2D eigenvalue weighted by Crippen LogP contribution is 2.26. The van der Waals surface area contributed by atoms with Crippen LogP contribution in [0.4, 0.5) is 0 Å². The molecule has 0 aromatic rings. The number of carbonyl (C=O) groups is 1. The van der Waals surface area contributed by atoms with Crippen molar-refractivity contribution >= 4 is 11.6 Å². The number of rotatable bonds is 1. The summed E-state index contributed by atoms with van der Waals surface area (Å²) in [6.45, 7) is 0. The zero-order chi connectivity index (χ0) is 9.10. The third kappa shape index (κ3) is 2.08. The summed E-state index contributed by atoms with van der Waals surface area (Å²) >= 11 is 0. The smallest absolute Gasteiger partial charge is 0.240 e. The minimum Gasteiger partial charge on any atom is -0.273 e. The second-order valence-corrected chi connectivity index (χ2v) is 3.97. The number of hydrogen-bond acceptors (Lipinski definition) is 2. The molecule has 2 rings (SSSR count). The monoisotopic (exact) mass is 180 g/mol. The van der Waals surface area contributed by atoms with Crippen molar-refractivity contribution in [1.29, 1.82) is 0 Å². The van der Waals surface area contributed by atoms with Crippen molar-refractivity contribution in [2.45, 2.75) is 44.9 Å². The van der Waals surface area contributed by atoms with Gasteiger partial charge in [-0.15, -0.1) is 0 Å². The van der Waals surface area contributed by atoms with E-state index in [1.807, 2.05) is 0 Å². The molecular formula is C10H16N2O. The Kier molecular flexibility index (Phi) is 2.62. The third-order valence-electron chi connectivity index (χ3n) is 3.01. The highest BCUT2D eigenvalue weighted by Gasteiger charge is 2.22. The van der Waals surface area contributed by atoms with Gasteiger partial charge in [-0.2, -0.15) is 5.10 Å². The van der Waals surface area contributed by atoms with Crippen molar-refractivity contribution in [3.63, 3.8) is 0 Å². The number of nitrogens with zero attached hydrogens (tertiary/aromatic N) is 1. The van der Waals surface area contributed by atoms with Crippen molar-refractivity contribution in [1.82, 2.24) is 5.43 Å². The van der Waals surface area contributed by atoms with Crippen molar-refractivity contribution < 1.29 is 4.79 Å².